The maximum absolute atomic E-state index is 13.2. The van der Waals surface area contributed by atoms with Gasteiger partial charge < -0.3 is 19.2 Å². The van der Waals surface area contributed by atoms with Crippen LogP contribution in [-0.2, 0) is 28.4 Å². The number of amides is 1. The number of nitrogens with zero attached hydrogens (tertiary/aromatic N) is 2. The highest BCUT2D eigenvalue weighted by atomic mass is 32.2. The number of oxazole rings is 1. The zero-order valence-electron chi connectivity index (χ0n) is 17.9. The van der Waals surface area contributed by atoms with Crippen LogP contribution in [0.1, 0.15) is 18.4 Å². The lowest BCUT2D eigenvalue weighted by Gasteiger charge is -2.31. The van der Waals surface area contributed by atoms with Gasteiger partial charge in [-0.25, -0.2) is 13.2 Å². The van der Waals surface area contributed by atoms with Crippen LogP contribution in [0.25, 0.3) is 11.1 Å². The van der Waals surface area contributed by atoms with Crippen molar-refractivity contribution in [3.63, 3.8) is 0 Å². The number of piperidine rings is 1. The van der Waals surface area contributed by atoms with Gasteiger partial charge in [-0.15, -0.1) is 0 Å². The van der Waals surface area contributed by atoms with Crippen molar-refractivity contribution in [2.75, 3.05) is 19.9 Å². The first-order valence-electron chi connectivity index (χ1n) is 10.6. The van der Waals surface area contributed by atoms with E-state index < -0.39 is 21.7 Å². The molecule has 1 amide bonds. The number of hydrogen-bond acceptors (Lipinski definition) is 7. The van der Waals surface area contributed by atoms with Crippen molar-refractivity contribution in [3.05, 3.63) is 52.5 Å². The van der Waals surface area contributed by atoms with E-state index in [1.54, 1.807) is 19.2 Å². The molecule has 5 rings (SSSR count). The van der Waals surface area contributed by atoms with E-state index in [-0.39, 0.29) is 29.7 Å². The highest BCUT2D eigenvalue weighted by Gasteiger charge is 2.33. The average molecular weight is 474 g/mol. The first-order chi connectivity index (χ1) is 15.8. The number of nitrogens with one attached hydrogen (secondary N) is 1. The number of carbonyl (C=O) groups excluding carboxylic acids is 1. The summed E-state index contributed by atoms with van der Waals surface area (Å²) in [5.41, 5.74) is 1.59. The van der Waals surface area contributed by atoms with Gasteiger partial charge in [0, 0.05) is 32.7 Å². The van der Waals surface area contributed by atoms with Crippen LogP contribution >= 0.6 is 0 Å². The van der Waals surface area contributed by atoms with Gasteiger partial charge in [0.05, 0.1) is 16.3 Å². The summed E-state index contributed by atoms with van der Waals surface area (Å²) in [7, 11) is -2.29. The van der Waals surface area contributed by atoms with Crippen molar-refractivity contribution in [1.82, 2.24) is 14.2 Å². The molecule has 2 aliphatic rings. The molecule has 1 saturated heterocycles. The van der Waals surface area contributed by atoms with E-state index in [4.69, 9.17) is 13.9 Å². The summed E-state index contributed by atoms with van der Waals surface area (Å²) in [6, 6.07) is 9.82. The Balaban J connectivity index is 1.27. The fourth-order valence-electron chi connectivity index (χ4n) is 4.18. The van der Waals surface area contributed by atoms with Crippen LogP contribution in [0.15, 0.2) is 50.5 Å². The Kier molecular flexibility index (Phi) is 5.37. The highest BCUT2D eigenvalue weighted by molar-refractivity contribution is 7.89. The lowest BCUT2D eigenvalue weighted by Crippen LogP contribution is -2.45. The van der Waals surface area contributed by atoms with Crippen molar-refractivity contribution in [3.8, 4) is 11.5 Å². The molecule has 2 aromatic carbocycles. The van der Waals surface area contributed by atoms with Crippen LogP contribution in [0.3, 0.4) is 0 Å². The van der Waals surface area contributed by atoms with Gasteiger partial charge in [0.1, 0.15) is 0 Å². The van der Waals surface area contributed by atoms with Crippen LogP contribution in [-0.4, -0.2) is 43.1 Å². The number of rotatable bonds is 5. The van der Waals surface area contributed by atoms with Crippen molar-refractivity contribution in [2.24, 2.45) is 13.0 Å². The fraction of sp³-hybridized carbons (Fsp3) is 0.364. The molecular weight excluding hydrogens is 450 g/mol. The Labute approximate surface area is 189 Å². The number of hydrogen-bond donors (Lipinski definition) is 1. The third-order valence-corrected chi connectivity index (χ3v) is 7.92. The molecule has 2 aliphatic heterocycles. The maximum Gasteiger partial charge on any atom is 0.419 e. The molecular formula is C22H23N3O7S. The molecule has 10 nitrogen and oxygen atoms in total. The minimum absolute atomic E-state index is 0.0331. The lowest BCUT2D eigenvalue weighted by molar-refractivity contribution is -0.126. The Morgan fingerprint density at radius 2 is 1.97 bits per heavy atom. The smallest absolute Gasteiger partial charge is 0.419 e. The van der Waals surface area contributed by atoms with E-state index in [9.17, 15) is 18.0 Å². The number of aromatic nitrogens is 1. The highest BCUT2D eigenvalue weighted by Crippen LogP contribution is 2.32. The Bertz CT molecular complexity index is 1390. The minimum atomic E-state index is -3.85. The standard InChI is InChI=1S/C22H23N3O7S/c1-24-17-6-5-16(10-19(17)32-22(24)27)33(28,29)25-8-2-3-15(12-25)21(26)23-11-14-4-7-18-20(9-14)31-13-30-18/h4-7,9-10,15H,2-3,8,11-13H2,1H3,(H,23,26)/t15-/m1/s1. The molecule has 33 heavy (non-hydrogen) atoms. The summed E-state index contributed by atoms with van der Waals surface area (Å²) in [6.07, 6.45) is 1.18. The summed E-state index contributed by atoms with van der Waals surface area (Å²) in [5, 5.41) is 2.90. The van der Waals surface area contributed by atoms with Crippen LogP contribution in [0.4, 0.5) is 0 Å². The molecule has 0 bridgehead atoms. The molecule has 0 saturated carbocycles. The van der Waals surface area contributed by atoms with Gasteiger partial charge in [0.2, 0.25) is 22.7 Å². The second-order valence-corrected chi connectivity index (χ2v) is 10.1. The van der Waals surface area contributed by atoms with Crippen LogP contribution < -0.4 is 20.5 Å². The van der Waals surface area contributed by atoms with Crippen molar-refractivity contribution < 1.29 is 27.1 Å². The SMILES string of the molecule is Cn1c(=O)oc2cc(S(=O)(=O)N3CCC[C@@H](C(=O)NCc4ccc5c(c4)OCO5)C3)ccc21. The first kappa shape index (κ1) is 21.5. The molecule has 0 aliphatic carbocycles. The summed E-state index contributed by atoms with van der Waals surface area (Å²) >= 11 is 0. The first-order valence-corrected chi connectivity index (χ1v) is 12.0. The second-order valence-electron chi connectivity index (χ2n) is 8.16. The lowest BCUT2D eigenvalue weighted by atomic mass is 9.98. The molecule has 11 heteroatoms. The molecule has 1 atom stereocenters. The Hall–Kier alpha value is -3.31. The molecule has 3 heterocycles. The number of sulfonamides is 1. The van der Waals surface area contributed by atoms with Crippen LogP contribution in [0.5, 0.6) is 11.5 Å². The third-order valence-electron chi connectivity index (χ3n) is 6.06. The van der Waals surface area contributed by atoms with Crippen molar-refractivity contribution in [2.45, 2.75) is 24.3 Å². The van der Waals surface area contributed by atoms with Crippen LogP contribution in [0.2, 0.25) is 0 Å². The predicted molar refractivity (Wildman–Crippen MR) is 117 cm³/mol. The largest absolute Gasteiger partial charge is 0.454 e. The topological polar surface area (TPSA) is 120 Å². The van der Waals surface area contributed by atoms with E-state index in [0.29, 0.717) is 42.9 Å². The molecule has 0 unspecified atom stereocenters. The molecule has 1 N–H and O–H groups in total. The Morgan fingerprint density at radius 3 is 2.82 bits per heavy atom. The number of benzene rings is 2. The molecule has 0 radical (unpaired) electrons. The Morgan fingerprint density at radius 1 is 1.15 bits per heavy atom. The van der Waals surface area contributed by atoms with Gasteiger partial charge in [-0.1, -0.05) is 6.07 Å². The van der Waals surface area contributed by atoms with Crippen molar-refractivity contribution in [1.29, 1.82) is 0 Å². The zero-order valence-corrected chi connectivity index (χ0v) is 18.8. The predicted octanol–water partition coefficient (Wildman–Crippen LogP) is 1.58. The van der Waals surface area contributed by atoms with Gasteiger partial charge in [-0.3, -0.25) is 9.36 Å². The van der Waals surface area contributed by atoms with Crippen molar-refractivity contribution >= 4 is 27.0 Å². The quantitative estimate of drug-likeness (QED) is 0.597. The van der Waals surface area contributed by atoms with E-state index >= 15 is 0 Å². The fourth-order valence-corrected chi connectivity index (χ4v) is 5.72. The van der Waals surface area contributed by atoms with Gasteiger partial charge in [-0.05, 0) is 42.7 Å². The normalized spacial score (nSPS) is 18.5. The van der Waals surface area contributed by atoms with E-state index in [1.165, 1.54) is 21.0 Å². The zero-order chi connectivity index (χ0) is 23.2. The molecule has 1 fully saturated rings. The van der Waals surface area contributed by atoms with Gasteiger partial charge in [-0.2, -0.15) is 4.31 Å². The van der Waals surface area contributed by atoms with Crippen LogP contribution in [0, 0.1) is 5.92 Å². The van der Waals surface area contributed by atoms with E-state index in [0.717, 1.165) is 5.56 Å². The second kappa shape index (κ2) is 8.23. The number of ether oxygens (including phenoxy) is 2. The van der Waals surface area contributed by atoms with Gasteiger partial charge >= 0.3 is 5.76 Å². The number of aryl methyl sites for hydroxylation is 1. The average Bonchev–Trinajstić information content (AvgIpc) is 3.40. The molecule has 3 aromatic rings. The number of carbonyl (C=O) groups is 1. The molecule has 1 aromatic heterocycles. The maximum atomic E-state index is 13.2. The molecule has 174 valence electrons. The minimum Gasteiger partial charge on any atom is -0.454 e. The van der Waals surface area contributed by atoms with E-state index in [1.807, 2.05) is 12.1 Å². The van der Waals surface area contributed by atoms with E-state index in [2.05, 4.69) is 5.32 Å². The van der Waals surface area contributed by atoms with Gasteiger partial charge in [0.25, 0.3) is 0 Å². The van der Waals surface area contributed by atoms with Gasteiger partial charge in [0.15, 0.2) is 17.1 Å². The number of fused-ring (bicyclic) bond motifs is 2. The summed E-state index contributed by atoms with van der Waals surface area (Å²) in [6.45, 7) is 0.903. The monoisotopic (exact) mass is 473 g/mol. The summed E-state index contributed by atoms with van der Waals surface area (Å²) in [5.74, 6) is 0.101. The molecule has 0 spiro atoms. The summed E-state index contributed by atoms with van der Waals surface area (Å²) < 4.78 is 44.9. The summed E-state index contributed by atoms with van der Waals surface area (Å²) in [4.78, 5) is 24.5. The third kappa shape index (κ3) is 3.98.